The minimum atomic E-state index is -3.87. The Balaban J connectivity index is 1.66. The number of nitrogens with zero attached hydrogens (tertiary/aromatic N) is 1. The van der Waals surface area contributed by atoms with Crippen LogP contribution >= 0.6 is 0 Å². The lowest BCUT2D eigenvalue weighted by atomic mass is 10.0. The summed E-state index contributed by atoms with van der Waals surface area (Å²) in [5, 5.41) is 8.94. The molecule has 2 amide bonds. The maximum atomic E-state index is 12.4. The van der Waals surface area contributed by atoms with Crippen LogP contribution in [0.3, 0.4) is 0 Å². The first-order valence-electron chi connectivity index (χ1n) is 9.82. The van der Waals surface area contributed by atoms with Crippen LogP contribution in [0.15, 0.2) is 24.3 Å². The van der Waals surface area contributed by atoms with Crippen LogP contribution in [0.4, 0.5) is 10.5 Å². The highest BCUT2D eigenvalue weighted by Crippen LogP contribution is 2.49. The standard InChI is InChI=1S/C20H28N2O7S/c1-20(18(23)21-25,30(3,26)27)11-16-12-22(19(24)29-16)15-6-4-13(5-7-15)17-10-14(17)8-9-28-2/h4-7,14,16-17,25H,8-12H2,1-3H3,(H,21,23)/t14?,16-,17?,20+/m0/s1. The molecule has 2 unspecified atom stereocenters. The predicted molar refractivity (Wildman–Crippen MR) is 109 cm³/mol. The van der Waals surface area contributed by atoms with Gasteiger partial charge in [-0.05, 0) is 49.3 Å². The summed E-state index contributed by atoms with van der Waals surface area (Å²) in [5.41, 5.74) is 3.26. The van der Waals surface area contributed by atoms with Gasteiger partial charge in [0.1, 0.15) is 6.10 Å². The van der Waals surface area contributed by atoms with E-state index in [1.807, 2.05) is 24.3 Å². The Kier molecular flexibility index (Phi) is 6.40. The third-order valence-corrected chi connectivity index (χ3v) is 8.13. The number of anilines is 1. The molecule has 3 rings (SSSR count). The summed E-state index contributed by atoms with van der Waals surface area (Å²) in [6.45, 7) is 2.07. The van der Waals surface area contributed by atoms with Crippen molar-refractivity contribution in [1.82, 2.24) is 5.48 Å². The molecule has 0 bridgehead atoms. The smallest absolute Gasteiger partial charge is 0.414 e. The number of hydroxylamine groups is 1. The molecule has 1 aliphatic heterocycles. The van der Waals surface area contributed by atoms with E-state index in [2.05, 4.69) is 0 Å². The van der Waals surface area contributed by atoms with E-state index in [1.54, 1.807) is 7.11 Å². The Morgan fingerprint density at radius 2 is 2.03 bits per heavy atom. The van der Waals surface area contributed by atoms with Gasteiger partial charge in [0.25, 0.3) is 5.91 Å². The SMILES string of the molecule is COCCC1CC1c1ccc(N2C[C@H](C[C@](C)(C(=O)NO)S(C)(=O)=O)OC2=O)cc1. The minimum absolute atomic E-state index is 0.113. The molecule has 2 N–H and O–H groups in total. The van der Waals surface area contributed by atoms with E-state index >= 15 is 0 Å². The van der Waals surface area contributed by atoms with Gasteiger partial charge in [0.2, 0.25) is 0 Å². The second kappa shape index (κ2) is 8.52. The zero-order valence-electron chi connectivity index (χ0n) is 17.3. The zero-order valence-corrected chi connectivity index (χ0v) is 18.1. The number of carbonyl (C=O) groups is 2. The average molecular weight is 441 g/mol. The van der Waals surface area contributed by atoms with Gasteiger partial charge >= 0.3 is 6.09 Å². The molecule has 10 heteroatoms. The monoisotopic (exact) mass is 440 g/mol. The summed E-state index contributed by atoms with van der Waals surface area (Å²) in [5.74, 6) is 0.0829. The fourth-order valence-electron chi connectivity index (χ4n) is 3.95. The van der Waals surface area contributed by atoms with Gasteiger partial charge in [-0.3, -0.25) is 14.9 Å². The zero-order chi connectivity index (χ0) is 22.1. The van der Waals surface area contributed by atoms with E-state index in [4.69, 9.17) is 14.7 Å². The molecule has 4 atom stereocenters. The summed E-state index contributed by atoms with van der Waals surface area (Å²) < 4.78 is 32.8. The Labute approximate surface area is 176 Å². The summed E-state index contributed by atoms with van der Waals surface area (Å²) in [4.78, 5) is 25.8. The van der Waals surface area contributed by atoms with Gasteiger partial charge in [0.05, 0.1) is 6.54 Å². The van der Waals surface area contributed by atoms with Crippen molar-refractivity contribution >= 4 is 27.5 Å². The van der Waals surface area contributed by atoms with Crippen LogP contribution < -0.4 is 10.4 Å². The Morgan fingerprint density at radius 1 is 1.37 bits per heavy atom. The number of hydrogen-bond donors (Lipinski definition) is 2. The number of amides is 2. The van der Waals surface area contributed by atoms with Crippen LogP contribution in [0.1, 0.15) is 37.7 Å². The first kappa shape index (κ1) is 22.5. The molecule has 0 spiro atoms. The topological polar surface area (TPSA) is 122 Å². The Bertz CT molecular complexity index is 902. The highest BCUT2D eigenvalue weighted by atomic mass is 32.2. The number of benzene rings is 1. The molecule has 9 nitrogen and oxygen atoms in total. The third kappa shape index (κ3) is 4.45. The number of cyclic esters (lactones) is 1. The molecule has 1 aliphatic carbocycles. The van der Waals surface area contributed by atoms with Crippen molar-refractivity contribution < 1.29 is 32.7 Å². The molecular formula is C20H28N2O7S. The van der Waals surface area contributed by atoms with Crippen molar-refractivity contribution in [2.75, 3.05) is 31.4 Å². The van der Waals surface area contributed by atoms with Crippen molar-refractivity contribution in [3.8, 4) is 0 Å². The van der Waals surface area contributed by atoms with Gasteiger partial charge in [-0.25, -0.2) is 18.7 Å². The summed E-state index contributed by atoms with van der Waals surface area (Å²) in [7, 11) is -2.18. The molecule has 1 aromatic rings. The molecule has 0 radical (unpaired) electrons. The number of carbonyl (C=O) groups excluding carboxylic acids is 2. The van der Waals surface area contributed by atoms with E-state index in [0.29, 0.717) is 17.5 Å². The lowest BCUT2D eigenvalue weighted by Crippen LogP contribution is -2.51. The van der Waals surface area contributed by atoms with Crippen LogP contribution in [0.5, 0.6) is 0 Å². The molecule has 1 saturated heterocycles. The third-order valence-electron chi connectivity index (χ3n) is 6.14. The van der Waals surface area contributed by atoms with E-state index < -0.39 is 32.7 Å². The number of nitrogens with one attached hydrogen (secondary N) is 1. The second-order valence-electron chi connectivity index (χ2n) is 8.24. The van der Waals surface area contributed by atoms with Crippen molar-refractivity contribution in [3.63, 3.8) is 0 Å². The van der Waals surface area contributed by atoms with E-state index in [0.717, 1.165) is 25.7 Å². The summed E-state index contributed by atoms with van der Waals surface area (Å²) in [6, 6.07) is 7.68. The van der Waals surface area contributed by atoms with Gasteiger partial charge in [-0.15, -0.1) is 0 Å². The van der Waals surface area contributed by atoms with Gasteiger partial charge in [0.15, 0.2) is 14.6 Å². The lowest BCUT2D eigenvalue weighted by Gasteiger charge is -2.26. The predicted octanol–water partition coefficient (Wildman–Crippen LogP) is 1.85. The molecule has 0 aromatic heterocycles. The highest BCUT2D eigenvalue weighted by Gasteiger charge is 2.48. The fourth-order valence-corrected chi connectivity index (χ4v) is 4.82. The molecule has 1 heterocycles. The summed E-state index contributed by atoms with van der Waals surface area (Å²) >= 11 is 0. The largest absolute Gasteiger partial charge is 0.444 e. The Morgan fingerprint density at radius 3 is 2.60 bits per heavy atom. The molecule has 1 saturated carbocycles. The normalized spacial score (nSPS) is 25.5. The maximum absolute atomic E-state index is 12.4. The van der Waals surface area contributed by atoms with Gasteiger partial charge in [0, 0.05) is 32.1 Å². The van der Waals surface area contributed by atoms with Crippen molar-refractivity contribution in [2.24, 2.45) is 5.92 Å². The minimum Gasteiger partial charge on any atom is -0.444 e. The van der Waals surface area contributed by atoms with Crippen molar-refractivity contribution in [3.05, 3.63) is 29.8 Å². The number of sulfone groups is 1. The van der Waals surface area contributed by atoms with Gasteiger partial charge < -0.3 is 9.47 Å². The van der Waals surface area contributed by atoms with Crippen LogP contribution in [0, 0.1) is 5.92 Å². The lowest BCUT2D eigenvalue weighted by molar-refractivity contribution is -0.132. The molecular weight excluding hydrogens is 412 g/mol. The number of hydrogen-bond acceptors (Lipinski definition) is 7. The number of rotatable bonds is 9. The molecule has 30 heavy (non-hydrogen) atoms. The van der Waals surface area contributed by atoms with E-state index in [1.165, 1.54) is 22.9 Å². The van der Waals surface area contributed by atoms with Crippen molar-refractivity contribution in [1.29, 1.82) is 0 Å². The Hall–Kier alpha value is -2.17. The van der Waals surface area contributed by atoms with Crippen LogP contribution in [0.25, 0.3) is 0 Å². The van der Waals surface area contributed by atoms with Crippen molar-refractivity contribution in [2.45, 2.75) is 43.0 Å². The van der Waals surface area contributed by atoms with Crippen LogP contribution in [0.2, 0.25) is 0 Å². The van der Waals surface area contributed by atoms with Crippen LogP contribution in [-0.4, -0.2) is 63.0 Å². The molecule has 1 aromatic carbocycles. The van der Waals surface area contributed by atoms with Crippen LogP contribution in [-0.2, 0) is 24.1 Å². The van der Waals surface area contributed by atoms with Gasteiger partial charge in [-0.1, -0.05) is 12.1 Å². The molecule has 2 fully saturated rings. The quantitative estimate of drug-likeness (QED) is 0.444. The number of methoxy groups -OCH3 is 1. The second-order valence-corrected chi connectivity index (χ2v) is 10.7. The van der Waals surface area contributed by atoms with Gasteiger partial charge in [-0.2, -0.15) is 0 Å². The first-order chi connectivity index (χ1) is 14.1. The average Bonchev–Trinajstić information content (AvgIpc) is 3.39. The fraction of sp³-hybridized carbons (Fsp3) is 0.600. The van der Waals surface area contributed by atoms with E-state index in [-0.39, 0.29) is 13.0 Å². The highest BCUT2D eigenvalue weighted by molar-refractivity contribution is 7.92. The first-order valence-corrected chi connectivity index (χ1v) is 11.7. The molecule has 166 valence electrons. The number of ether oxygens (including phenoxy) is 2. The maximum Gasteiger partial charge on any atom is 0.414 e. The molecule has 2 aliphatic rings. The van der Waals surface area contributed by atoms with E-state index in [9.17, 15) is 18.0 Å². The summed E-state index contributed by atoms with van der Waals surface area (Å²) in [6.07, 6.45) is 1.40.